The maximum absolute atomic E-state index is 12.3. The molecule has 22 heavy (non-hydrogen) atoms. The summed E-state index contributed by atoms with van der Waals surface area (Å²) in [4.78, 5) is 23.9. The van der Waals surface area contributed by atoms with Gasteiger partial charge in [0.15, 0.2) is 0 Å². The lowest BCUT2D eigenvalue weighted by Crippen LogP contribution is -2.25. The molecule has 6 heteroatoms. The van der Waals surface area contributed by atoms with E-state index in [2.05, 4.69) is 26.6 Å². The number of benzene rings is 1. The van der Waals surface area contributed by atoms with Gasteiger partial charge in [-0.1, -0.05) is 12.1 Å². The number of rotatable bonds is 5. The Labute approximate surface area is 137 Å². The minimum Gasteiger partial charge on any atom is -0.355 e. The molecule has 0 fully saturated rings. The lowest BCUT2D eigenvalue weighted by atomic mass is 10.1. The first-order chi connectivity index (χ1) is 10.5. The molecule has 5 nitrogen and oxygen atoms in total. The van der Waals surface area contributed by atoms with Crippen LogP contribution in [0.3, 0.4) is 0 Å². The first kappa shape index (κ1) is 16.3. The molecule has 1 aromatic carbocycles. The van der Waals surface area contributed by atoms with E-state index in [4.69, 9.17) is 0 Å². The molecule has 116 valence electrons. The zero-order valence-electron chi connectivity index (χ0n) is 12.5. The van der Waals surface area contributed by atoms with Crippen molar-refractivity contribution in [1.29, 1.82) is 0 Å². The second-order valence-electron chi connectivity index (χ2n) is 4.79. The van der Waals surface area contributed by atoms with Crippen LogP contribution in [0.15, 0.2) is 41.0 Å². The molecule has 0 bridgehead atoms. The topological polar surface area (TPSA) is 63.1 Å². The Morgan fingerprint density at radius 1 is 1.23 bits per heavy atom. The lowest BCUT2D eigenvalue weighted by Gasteiger charge is -2.08. The number of nitrogens with zero attached hydrogens (tertiary/aromatic N) is 1. The van der Waals surface area contributed by atoms with Gasteiger partial charge in [-0.15, -0.1) is 0 Å². The molecule has 2 N–H and O–H groups in total. The zero-order chi connectivity index (χ0) is 16.1. The summed E-state index contributed by atoms with van der Waals surface area (Å²) in [5.41, 5.74) is 2.06. The average molecular weight is 364 g/mol. The van der Waals surface area contributed by atoms with Crippen LogP contribution in [0.5, 0.6) is 0 Å². The Bertz CT molecular complexity index is 694. The second-order valence-corrected chi connectivity index (χ2v) is 5.71. The van der Waals surface area contributed by atoms with Gasteiger partial charge in [-0.2, -0.15) is 0 Å². The van der Waals surface area contributed by atoms with E-state index >= 15 is 0 Å². The maximum atomic E-state index is 12.3. The molecule has 0 unspecified atom stereocenters. The summed E-state index contributed by atoms with van der Waals surface area (Å²) in [6.45, 7) is 3.08. The molecule has 0 radical (unpaired) electrons. The number of aryl methyl sites for hydroxylation is 1. The Kier molecular flexibility index (Phi) is 5.38. The van der Waals surface area contributed by atoms with Gasteiger partial charge in [-0.3, -0.25) is 9.59 Å². The predicted molar refractivity (Wildman–Crippen MR) is 88.8 cm³/mol. The molecule has 1 aromatic heterocycles. The van der Waals surface area contributed by atoms with Crippen LogP contribution in [-0.4, -0.2) is 23.4 Å². The first-order valence-electron chi connectivity index (χ1n) is 7.00. The highest BCUT2D eigenvalue weighted by molar-refractivity contribution is 9.10. The predicted octanol–water partition coefficient (Wildman–Crippen LogP) is 2.56. The molecule has 0 spiro atoms. The normalized spacial score (nSPS) is 10.3. The second kappa shape index (κ2) is 7.26. The van der Waals surface area contributed by atoms with E-state index in [-0.39, 0.29) is 11.8 Å². The third-order valence-electron chi connectivity index (χ3n) is 3.31. The molecule has 0 aliphatic heterocycles. The molecule has 0 aliphatic carbocycles. The summed E-state index contributed by atoms with van der Waals surface area (Å²) >= 11 is 3.38. The molecular formula is C16H18BrN3O2. The standard InChI is InChI=1S/C16H18BrN3O2/c1-3-20-10-13(17)8-14(20)16(22)19-9-11-5-4-6-12(7-11)15(21)18-2/h4-8,10H,3,9H2,1-2H3,(H,18,21)(H,19,22). The average Bonchev–Trinajstić information content (AvgIpc) is 2.93. The van der Waals surface area contributed by atoms with Crippen LogP contribution in [0, 0.1) is 0 Å². The fraction of sp³-hybridized carbons (Fsp3) is 0.250. The van der Waals surface area contributed by atoms with Crippen LogP contribution in [0.4, 0.5) is 0 Å². The van der Waals surface area contributed by atoms with Crippen LogP contribution in [0.25, 0.3) is 0 Å². The van der Waals surface area contributed by atoms with Gasteiger partial charge in [0.2, 0.25) is 0 Å². The molecule has 2 amide bonds. The maximum Gasteiger partial charge on any atom is 0.268 e. The van der Waals surface area contributed by atoms with E-state index in [0.717, 1.165) is 16.6 Å². The number of carbonyl (C=O) groups is 2. The van der Waals surface area contributed by atoms with E-state index in [1.807, 2.05) is 23.8 Å². The van der Waals surface area contributed by atoms with Gasteiger partial charge < -0.3 is 15.2 Å². The van der Waals surface area contributed by atoms with Crippen molar-refractivity contribution in [2.24, 2.45) is 0 Å². The molecule has 0 saturated carbocycles. The Hall–Kier alpha value is -2.08. The van der Waals surface area contributed by atoms with Gasteiger partial charge in [0, 0.05) is 36.4 Å². The summed E-state index contributed by atoms with van der Waals surface area (Å²) in [6, 6.07) is 8.98. The van der Waals surface area contributed by atoms with Gasteiger partial charge in [-0.25, -0.2) is 0 Å². The van der Waals surface area contributed by atoms with Crippen molar-refractivity contribution in [3.05, 3.63) is 57.8 Å². The number of halogens is 1. The number of nitrogens with one attached hydrogen (secondary N) is 2. The van der Waals surface area contributed by atoms with E-state index in [0.29, 0.717) is 17.8 Å². The highest BCUT2D eigenvalue weighted by Crippen LogP contribution is 2.15. The SMILES string of the molecule is CCn1cc(Br)cc1C(=O)NCc1cccc(C(=O)NC)c1. The van der Waals surface area contributed by atoms with Crippen molar-refractivity contribution in [2.45, 2.75) is 20.0 Å². The van der Waals surface area contributed by atoms with Gasteiger partial charge in [-0.05, 0) is 46.6 Å². The van der Waals surface area contributed by atoms with E-state index in [9.17, 15) is 9.59 Å². The largest absolute Gasteiger partial charge is 0.355 e. The highest BCUT2D eigenvalue weighted by Gasteiger charge is 2.12. The molecule has 0 atom stereocenters. The van der Waals surface area contributed by atoms with Crippen molar-refractivity contribution < 1.29 is 9.59 Å². The third kappa shape index (κ3) is 3.76. The van der Waals surface area contributed by atoms with Crippen LogP contribution in [0.2, 0.25) is 0 Å². The molecular weight excluding hydrogens is 346 g/mol. The Balaban J connectivity index is 2.06. The quantitative estimate of drug-likeness (QED) is 0.857. The summed E-state index contributed by atoms with van der Waals surface area (Å²) in [7, 11) is 1.59. The van der Waals surface area contributed by atoms with E-state index < -0.39 is 0 Å². The Morgan fingerprint density at radius 2 is 2.00 bits per heavy atom. The summed E-state index contributed by atoms with van der Waals surface area (Å²) in [5, 5.41) is 5.46. The highest BCUT2D eigenvalue weighted by atomic mass is 79.9. The fourth-order valence-corrected chi connectivity index (χ4v) is 2.63. The monoisotopic (exact) mass is 363 g/mol. The van der Waals surface area contributed by atoms with Gasteiger partial charge in [0.25, 0.3) is 11.8 Å². The van der Waals surface area contributed by atoms with Gasteiger partial charge in [0.1, 0.15) is 5.69 Å². The smallest absolute Gasteiger partial charge is 0.268 e. The van der Waals surface area contributed by atoms with Crippen LogP contribution in [-0.2, 0) is 13.1 Å². The zero-order valence-corrected chi connectivity index (χ0v) is 14.1. The van der Waals surface area contributed by atoms with Gasteiger partial charge in [0.05, 0.1) is 0 Å². The van der Waals surface area contributed by atoms with Crippen LogP contribution >= 0.6 is 15.9 Å². The van der Waals surface area contributed by atoms with Gasteiger partial charge >= 0.3 is 0 Å². The summed E-state index contributed by atoms with van der Waals surface area (Å²) in [5.74, 6) is -0.283. The molecule has 2 rings (SSSR count). The van der Waals surface area contributed by atoms with Crippen LogP contribution in [0.1, 0.15) is 33.3 Å². The number of aromatic nitrogens is 1. The van der Waals surface area contributed by atoms with E-state index in [1.165, 1.54) is 0 Å². The molecule has 2 aromatic rings. The summed E-state index contributed by atoms with van der Waals surface area (Å²) < 4.78 is 2.75. The van der Waals surface area contributed by atoms with Crippen molar-refractivity contribution >= 4 is 27.7 Å². The number of hydrogen-bond acceptors (Lipinski definition) is 2. The lowest BCUT2D eigenvalue weighted by molar-refractivity contribution is 0.0940. The van der Waals surface area contributed by atoms with Crippen LogP contribution < -0.4 is 10.6 Å². The third-order valence-corrected chi connectivity index (χ3v) is 3.74. The first-order valence-corrected chi connectivity index (χ1v) is 7.79. The van der Waals surface area contributed by atoms with Crippen molar-refractivity contribution in [1.82, 2.24) is 15.2 Å². The van der Waals surface area contributed by atoms with Crippen molar-refractivity contribution in [3.63, 3.8) is 0 Å². The molecule has 1 heterocycles. The molecule has 0 aliphatic rings. The number of carbonyl (C=O) groups excluding carboxylic acids is 2. The minimum atomic E-state index is -0.142. The molecule has 0 saturated heterocycles. The summed E-state index contributed by atoms with van der Waals surface area (Å²) in [6.07, 6.45) is 1.88. The number of hydrogen-bond donors (Lipinski definition) is 2. The number of amides is 2. The minimum absolute atomic E-state index is 0.141. The van der Waals surface area contributed by atoms with E-state index in [1.54, 1.807) is 31.3 Å². The van der Waals surface area contributed by atoms with Crippen molar-refractivity contribution in [2.75, 3.05) is 7.05 Å². The van der Waals surface area contributed by atoms with Crippen molar-refractivity contribution in [3.8, 4) is 0 Å². The fourth-order valence-electron chi connectivity index (χ4n) is 2.17. The Morgan fingerprint density at radius 3 is 2.68 bits per heavy atom.